The van der Waals surface area contributed by atoms with Crippen molar-refractivity contribution in [1.82, 2.24) is 9.80 Å². The number of carbonyl (C=O) groups excluding carboxylic acids is 1. The number of amides is 2. The second-order valence-corrected chi connectivity index (χ2v) is 5.95. The summed E-state index contributed by atoms with van der Waals surface area (Å²) in [5.41, 5.74) is 0. The summed E-state index contributed by atoms with van der Waals surface area (Å²) in [4.78, 5) is 27.1. The van der Waals surface area contributed by atoms with E-state index in [4.69, 9.17) is 9.84 Å². The number of hydrogen-bond acceptors (Lipinski definition) is 3. The molecular formula is C15H26N2O4. The summed E-state index contributed by atoms with van der Waals surface area (Å²) >= 11 is 0. The Kier molecular flexibility index (Phi) is 5.85. The van der Waals surface area contributed by atoms with Crippen LogP contribution in [0.5, 0.6) is 0 Å². The van der Waals surface area contributed by atoms with E-state index in [1.54, 1.807) is 4.90 Å². The number of piperidine rings is 1. The molecule has 2 unspecified atom stereocenters. The monoisotopic (exact) mass is 298 g/mol. The molecule has 21 heavy (non-hydrogen) atoms. The quantitative estimate of drug-likeness (QED) is 0.842. The maximum Gasteiger partial charge on any atom is 0.320 e. The zero-order chi connectivity index (χ0) is 15.2. The van der Waals surface area contributed by atoms with Gasteiger partial charge in [0.15, 0.2) is 0 Å². The van der Waals surface area contributed by atoms with Crippen molar-refractivity contribution in [2.24, 2.45) is 0 Å². The molecule has 0 spiro atoms. The van der Waals surface area contributed by atoms with Crippen molar-refractivity contribution in [2.75, 3.05) is 26.2 Å². The number of aliphatic carboxylic acids is 1. The van der Waals surface area contributed by atoms with Crippen LogP contribution >= 0.6 is 0 Å². The summed E-state index contributed by atoms with van der Waals surface area (Å²) in [6.07, 6.45) is 4.81. The summed E-state index contributed by atoms with van der Waals surface area (Å²) in [5.74, 6) is -0.831. The molecule has 2 atom stereocenters. The van der Waals surface area contributed by atoms with Gasteiger partial charge >= 0.3 is 12.0 Å². The molecule has 6 heteroatoms. The van der Waals surface area contributed by atoms with Gasteiger partial charge in [0.1, 0.15) is 0 Å². The Morgan fingerprint density at radius 1 is 1.24 bits per heavy atom. The minimum atomic E-state index is -0.831. The van der Waals surface area contributed by atoms with Crippen LogP contribution < -0.4 is 0 Å². The second kappa shape index (κ2) is 7.64. The average molecular weight is 298 g/mol. The molecular weight excluding hydrogens is 272 g/mol. The van der Waals surface area contributed by atoms with E-state index < -0.39 is 5.97 Å². The lowest BCUT2D eigenvalue weighted by atomic mass is 10.1. The third kappa shape index (κ3) is 4.33. The fourth-order valence-corrected chi connectivity index (χ4v) is 3.22. The van der Waals surface area contributed by atoms with Crippen molar-refractivity contribution in [3.63, 3.8) is 0 Å². The van der Waals surface area contributed by atoms with E-state index in [2.05, 4.69) is 6.92 Å². The van der Waals surface area contributed by atoms with Crippen LogP contribution in [0.25, 0.3) is 0 Å². The summed E-state index contributed by atoms with van der Waals surface area (Å²) in [5, 5.41) is 8.95. The number of carboxylic acid groups (broad SMARTS) is 1. The molecule has 120 valence electrons. The molecule has 2 saturated heterocycles. The number of nitrogens with zero attached hydrogens (tertiary/aromatic N) is 2. The summed E-state index contributed by atoms with van der Waals surface area (Å²) in [6, 6.07) is -0.157. The standard InChI is InChI=1S/C15H26N2O4/c1-2-9-21-13-6-4-7-16(11-13)15(20)17-8-3-5-12(17)10-14(18)19/h12-13H,2-11H2,1H3,(H,18,19). The van der Waals surface area contributed by atoms with Crippen LogP contribution in [0, 0.1) is 0 Å². The Morgan fingerprint density at radius 3 is 2.71 bits per heavy atom. The van der Waals surface area contributed by atoms with Crippen molar-refractivity contribution in [1.29, 1.82) is 0 Å². The first-order valence-electron chi connectivity index (χ1n) is 8.00. The van der Waals surface area contributed by atoms with Gasteiger partial charge in [0, 0.05) is 32.3 Å². The number of likely N-dealkylation sites (tertiary alicyclic amines) is 2. The van der Waals surface area contributed by atoms with Crippen molar-refractivity contribution < 1.29 is 19.4 Å². The molecule has 0 aromatic rings. The fourth-order valence-electron chi connectivity index (χ4n) is 3.22. The van der Waals surface area contributed by atoms with Crippen LogP contribution in [0.3, 0.4) is 0 Å². The molecule has 2 fully saturated rings. The third-order valence-electron chi connectivity index (χ3n) is 4.24. The van der Waals surface area contributed by atoms with Gasteiger partial charge < -0.3 is 19.6 Å². The lowest BCUT2D eigenvalue weighted by molar-refractivity contribution is -0.138. The van der Waals surface area contributed by atoms with Crippen molar-refractivity contribution in [2.45, 2.75) is 57.6 Å². The summed E-state index contributed by atoms with van der Waals surface area (Å²) in [7, 11) is 0. The predicted octanol–water partition coefficient (Wildman–Crippen LogP) is 1.94. The second-order valence-electron chi connectivity index (χ2n) is 5.95. The highest BCUT2D eigenvalue weighted by molar-refractivity contribution is 5.76. The lowest BCUT2D eigenvalue weighted by Crippen LogP contribution is -2.51. The number of rotatable bonds is 5. The Bertz CT molecular complexity index is 375. The molecule has 0 aromatic carbocycles. The molecule has 0 radical (unpaired) electrons. The fraction of sp³-hybridized carbons (Fsp3) is 0.867. The molecule has 2 aliphatic rings. The largest absolute Gasteiger partial charge is 0.481 e. The zero-order valence-corrected chi connectivity index (χ0v) is 12.8. The first-order chi connectivity index (χ1) is 10.1. The minimum Gasteiger partial charge on any atom is -0.481 e. The van der Waals surface area contributed by atoms with E-state index in [9.17, 15) is 9.59 Å². The molecule has 1 N–H and O–H groups in total. The van der Waals surface area contributed by atoms with Crippen LogP contribution in [0.2, 0.25) is 0 Å². The highest BCUT2D eigenvalue weighted by atomic mass is 16.5. The van der Waals surface area contributed by atoms with E-state index in [1.807, 2.05) is 4.90 Å². The number of carboxylic acids is 1. The van der Waals surface area contributed by atoms with Gasteiger partial charge in [-0.05, 0) is 32.1 Å². The Hall–Kier alpha value is -1.30. The van der Waals surface area contributed by atoms with Crippen LogP contribution in [0.1, 0.15) is 45.4 Å². The lowest BCUT2D eigenvalue weighted by Gasteiger charge is -2.36. The normalized spacial score (nSPS) is 26.1. The van der Waals surface area contributed by atoms with Gasteiger partial charge in [-0.1, -0.05) is 6.92 Å². The van der Waals surface area contributed by atoms with Crippen molar-refractivity contribution >= 4 is 12.0 Å². The van der Waals surface area contributed by atoms with Crippen LogP contribution in [0.4, 0.5) is 4.79 Å². The molecule has 0 aliphatic carbocycles. The highest BCUT2D eigenvalue weighted by Gasteiger charge is 2.34. The van der Waals surface area contributed by atoms with Gasteiger partial charge in [0.05, 0.1) is 12.5 Å². The van der Waals surface area contributed by atoms with E-state index >= 15 is 0 Å². The van der Waals surface area contributed by atoms with E-state index in [-0.39, 0.29) is 24.6 Å². The Morgan fingerprint density at radius 2 is 2.00 bits per heavy atom. The van der Waals surface area contributed by atoms with Gasteiger partial charge in [-0.3, -0.25) is 4.79 Å². The van der Waals surface area contributed by atoms with Gasteiger partial charge in [-0.2, -0.15) is 0 Å². The molecule has 6 nitrogen and oxygen atoms in total. The molecule has 2 amide bonds. The maximum atomic E-state index is 12.6. The number of carbonyl (C=O) groups is 2. The Balaban J connectivity index is 1.90. The van der Waals surface area contributed by atoms with Gasteiger partial charge in [0.25, 0.3) is 0 Å². The van der Waals surface area contributed by atoms with Crippen LogP contribution in [-0.2, 0) is 9.53 Å². The first-order valence-corrected chi connectivity index (χ1v) is 8.00. The third-order valence-corrected chi connectivity index (χ3v) is 4.24. The average Bonchev–Trinajstić information content (AvgIpc) is 2.92. The Labute approximate surface area is 126 Å². The van der Waals surface area contributed by atoms with E-state index in [0.29, 0.717) is 13.1 Å². The number of hydrogen-bond donors (Lipinski definition) is 1. The zero-order valence-electron chi connectivity index (χ0n) is 12.8. The smallest absolute Gasteiger partial charge is 0.320 e. The van der Waals surface area contributed by atoms with E-state index in [1.165, 1.54) is 0 Å². The molecule has 2 rings (SSSR count). The molecule has 2 aliphatic heterocycles. The predicted molar refractivity (Wildman–Crippen MR) is 78.2 cm³/mol. The molecule has 2 heterocycles. The summed E-state index contributed by atoms with van der Waals surface area (Å²) < 4.78 is 5.76. The van der Waals surface area contributed by atoms with Crippen LogP contribution in [-0.4, -0.2) is 65.3 Å². The SMILES string of the molecule is CCCOC1CCCN(C(=O)N2CCCC2CC(=O)O)C1. The van der Waals surface area contributed by atoms with Crippen LogP contribution in [0.15, 0.2) is 0 Å². The minimum absolute atomic E-state index is 0.0106. The van der Waals surface area contributed by atoms with Gasteiger partial charge in [0.2, 0.25) is 0 Å². The maximum absolute atomic E-state index is 12.6. The number of ether oxygens (including phenoxy) is 1. The van der Waals surface area contributed by atoms with E-state index in [0.717, 1.165) is 45.3 Å². The number of urea groups is 1. The molecule has 0 bridgehead atoms. The molecule has 0 saturated carbocycles. The van der Waals surface area contributed by atoms with Gasteiger partial charge in [-0.25, -0.2) is 4.79 Å². The highest BCUT2D eigenvalue weighted by Crippen LogP contribution is 2.23. The summed E-state index contributed by atoms with van der Waals surface area (Å²) in [6.45, 7) is 4.87. The van der Waals surface area contributed by atoms with Crippen molar-refractivity contribution in [3.05, 3.63) is 0 Å². The van der Waals surface area contributed by atoms with Gasteiger partial charge in [-0.15, -0.1) is 0 Å². The first kappa shape index (κ1) is 16.1. The topological polar surface area (TPSA) is 70.1 Å². The molecule has 0 aromatic heterocycles. The van der Waals surface area contributed by atoms with Crippen molar-refractivity contribution in [3.8, 4) is 0 Å².